The minimum Gasteiger partial charge on any atom is -0.458 e. The molecule has 140 valence electrons. The van der Waals surface area contributed by atoms with Gasteiger partial charge in [0.15, 0.2) is 5.58 Å². The Balaban J connectivity index is 1.32. The Morgan fingerprint density at radius 1 is 1.33 bits per heavy atom. The first kappa shape index (κ1) is 18.1. The Labute approximate surface area is 165 Å². The van der Waals surface area contributed by atoms with E-state index in [9.17, 15) is 4.79 Å². The van der Waals surface area contributed by atoms with E-state index in [-0.39, 0.29) is 23.8 Å². The molecule has 4 rings (SSSR count). The fourth-order valence-electron chi connectivity index (χ4n) is 2.90. The number of oxazole rings is 1. The van der Waals surface area contributed by atoms with Gasteiger partial charge in [0, 0.05) is 6.54 Å². The number of benzene rings is 1. The van der Waals surface area contributed by atoms with Gasteiger partial charge in [0.1, 0.15) is 11.6 Å². The van der Waals surface area contributed by atoms with E-state index >= 15 is 0 Å². The average molecular weight is 405 g/mol. The van der Waals surface area contributed by atoms with E-state index in [2.05, 4.69) is 15.0 Å². The number of para-hydroxylation sites is 2. The maximum Gasteiger partial charge on any atom is 0.316 e. The van der Waals surface area contributed by atoms with E-state index in [0.717, 1.165) is 23.9 Å². The highest BCUT2D eigenvalue weighted by molar-refractivity contribution is 7.99. The second-order valence-electron chi connectivity index (χ2n) is 6.14. The zero-order valence-corrected chi connectivity index (χ0v) is 15.9. The number of carbonyl (C=O) groups excluding carboxylic acids is 1. The summed E-state index contributed by atoms with van der Waals surface area (Å²) in [5.41, 5.74) is 1.52. The average Bonchev–Trinajstić information content (AvgIpc) is 3.11. The summed E-state index contributed by atoms with van der Waals surface area (Å²) < 4.78 is 11.4. The summed E-state index contributed by atoms with van der Waals surface area (Å²) in [5, 5.41) is 0.961. The highest BCUT2D eigenvalue weighted by atomic mass is 35.5. The summed E-state index contributed by atoms with van der Waals surface area (Å²) in [6, 6.07) is 7.82. The summed E-state index contributed by atoms with van der Waals surface area (Å²) >= 11 is 7.09. The third-order valence-electron chi connectivity index (χ3n) is 4.19. The highest BCUT2D eigenvalue weighted by Gasteiger charge is 2.26. The zero-order valence-electron chi connectivity index (χ0n) is 14.4. The van der Waals surface area contributed by atoms with E-state index in [1.165, 1.54) is 24.2 Å². The maximum absolute atomic E-state index is 12.6. The zero-order chi connectivity index (χ0) is 18.6. The number of nitrogens with zero attached hydrogens (tertiary/aromatic N) is 4. The number of fused-ring (bicyclic) bond motifs is 1. The van der Waals surface area contributed by atoms with Crippen molar-refractivity contribution in [3.63, 3.8) is 0 Å². The fraction of sp³-hybridized carbons (Fsp3) is 0.333. The molecule has 1 saturated heterocycles. The molecule has 7 nitrogen and oxygen atoms in total. The van der Waals surface area contributed by atoms with Gasteiger partial charge in [-0.2, -0.15) is 0 Å². The number of hydrogen-bond acceptors (Lipinski definition) is 7. The monoisotopic (exact) mass is 404 g/mol. The topological polar surface area (TPSA) is 81.4 Å². The van der Waals surface area contributed by atoms with Gasteiger partial charge in [0.05, 0.1) is 29.7 Å². The molecular formula is C18H17ClN4O3S. The number of likely N-dealkylation sites (tertiary alicyclic amines) is 1. The number of amides is 1. The number of aromatic nitrogens is 3. The van der Waals surface area contributed by atoms with Gasteiger partial charge in [-0.1, -0.05) is 35.5 Å². The minimum atomic E-state index is -0.127. The van der Waals surface area contributed by atoms with Crippen molar-refractivity contribution in [1.82, 2.24) is 19.9 Å². The molecule has 3 heterocycles. The lowest BCUT2D eigenvalue weighted by Gasteiger charge is -2.32. The number of thioether (sulfide) groups is 1. The molecule has 1 aromatic carbocycles. The predicted molar refractivity (Wildman–Crippen MR) is 102 cm³/mol. The molecule has 1 aliphatic heterocycles. The van der Waals surface area contributed by atoms with Gasteiger partial charge in [-0.05, 0) is 25.0 Å². The van der Waals surface area contributed by atoms with Crippen molar-refractivity contribution in [1.29, 1.82) is 0 Å². The van der Waals surface area contributed by atoms with Gasteiger partial charge in [0.2, 0.25) is 5.91 Å². The molecule has 1 aliphatic rings. The highest BCUT2D eigenvalue weighted by Crippen LogP contribution is 2.24. The summed E-state index contributed by atoms with van der Waals surface area (Å²) in [6.07, 6.45) is 4.59. The Morgan fingerprint density at radius 2 is 2.15 bits per heavy atom. The Hall–Kier alpha value is -2.32. The normalized spacial score (nSPS) is 17.2. The molecule has 1 amide bonds. The molecule has 0 bridgehead atoms. The van der Waals surface area contributed by atoms with Crippen molar-refractivity contribution in [2.45, 2.75) is 24.2 Å². The number of ether oxygens (including phenoxy) is 1. The van der Waals surface area contributed by atoms with Gasteiger partial charge in [-0.15, -0.1) is 0 Å². The van der Waals surface area contributed by atoms with Crippen LogP contribution in [0.2, 0.25) is 5.02 Å². The van der Waals surface area contributed by atoms with Crippen LogP contribution in [-0.2, 0) is 4.79 Å². The molecule has 1 unspecified atom stereocenters. The van der Waals surface area contributed by atoms with Crippen LogP contribution in [0.3, 0.4) is 0 Å². The summed E-state index contributed by atoms with van der Waals surface area (Å²) in [5.74, 6) is 0.310. The lowest BCUT2D eigenvalue weighted by molar-refractivity contribution is -0.131. The van der Waals surface area contributed by atoms with Crippen molar-refractivity contribution in [2.24, 2.45) is 0 Å². The van der Waals surface area contributed by atoms with Crippen LogP contribution in [0.1, 0.15) is 12.8 Å². The number of carbonyl (C=O) groups is 1. The maximum atomic E-state index is 12.6. The van der Waals surface area contributed by atoms with Crippen LogP contribution < -0.4 is 4.74 Å². The molecule has 27 heavy (non-hydrogen) atoms. The second kappa shape index (κ2) is 8.14. The molecule has 3 aromatic rings. The Morgan fingerprint density at radius 3 is 2.96 bits per heavy atom. The molecule has 0 spiro atoms. The molecule has 9 heteroatoms. The van der Waals surface area contributed by atoms with Crippen molar-refractivity contribution in [3.05, 3.63) is 41.7 Å². The SMILES string of the molecule is O=C(CSc1nc2ccccc2o1)N1CCCC(Oc2ncc(Cl)cn2)C1. The van der Waals surface area contributed by atoms with Gasteiger partial charge >= 0.3 is 6.01 Å². The summed E-state index contributed by atoms with van der Waals surface area (Å²) in [4.78, 5) is 26.8. The standard InChI is InChI=1S/C18H17ClN4O3S/c19-12-8-20-17(21-9-12)25-13-4-3-7-23(10-13)16(24)11-27-18-22-14-5-1-2-6-15(14)26-18/h1-2,5-6,8-9,13H,3-4,7,10-11H2. The number of hydrogen-bond donors (Lipinski definition) is 0. The van der Waals surface area contributed by atoms with Crippen molar-refractivity contribution in [2.75, 3.05) is 18.8 Å². The van der Waals surface area contributed by atoms with Crippen LogP contribution in [0, 0.1) is 0 Å². The molecular weight excluding hydrogens is 388 g/mol. The van der Waals surface area contributed by atoms with Gasteiger partial charge < -0.3 is 14.1 Å². The number of halogens is 1. The lowest BCUT2D eigenvalue weighted by atomic mass is 10.1. The Kier molecular flexibility index (Phi) is 5.45. The number of piperidine rings is 1. The van der Waals surface area contributed by atoms with Gasteiger partial charge in [-0.3, -0.25) is 4.79 Å². The fourth-order valence-corrected chi connectivity index (χ4v) is 3.74. The van der Waals surface area contributed by atoms with Crippen LogP contribution in [0.15, 0.2) is 46.3 Å². The molecule has 0 saturated carbocycles. The predicted octanol–water partition coefficient (Wildman–Crippen LogP) is 3.43. The quantitative estimate of drug-likeness (QED) is 0.602. The van der Waals surface area contributed by atoms with Crippen LogP contribution in [0.4, 0.5) is 0 Å². The van der Waals surface area contributed by atoms with Gasteiger partial charge in [-0.25, -0.2) is 15.0 Å². The third-order valence-corrected chi connectivity index (χ3v) is 5.20. The first-order chi connectivity index (χ1) is 13.2. The molecule has 2 aromatic heterocycles. The van der Waals surface area contributed by atoms with Crippen molar-refractivity contribution >= 4 is 40.4 Å². The molecule has 0 aliphatic carbocycles. The van der Waals surface area contributed by atoms with E-state index in [0.29, 0.717) is 23.3 Å². The Bertz CT molecular complexity index is 901. The van der Waals surface area contributed by atoms with E-state index in [1.54, 1.807) is 4.90 Å². The summed E-state index contributed by atoms with van der Waals surface area (Å²) in [6.45, 7) is 1.23. The van der Waals surface area contributed by atoms with E-state index in [4.69, 9.17) is 20.8 Å². The minimum absolute atomic E-state index is 0.0348. The summed E-state index contributed by atoms with van der Waals surface area (Å²) in [7, 11) is 0. The van der Waals surface area contributed by atoms with E-state index in [1.807, 2.05) is 24.3 Å². The lowest BCUT2D eigenvalue weighted by Crippen LogP contribution is -2.45. The van der Waals surface area contributed by atoms with Gasteiger partial charge in [0.25, 0.3) is 5.22 Å². The third kappa shape index (κ3) is 4.51. The largest absolute Gasteiger partial charge is 0.458 e. The molecule has 1 fully saturated rings. The first-order valence-electron chi connectivity index (χ1n) is 8.58. The van der Waals surface area contributed by atoms with Crippen LogP contribution >= 0.6 is 23.4 Å². The first-order valence-corrected chi connectivity index (χ1v) is 9.94. The van der Waals surface area contributed by atoms with Crippen molar-refractivity contribution in [3.8, 4) is 6.01 Å². The van der Waals surface area contributed by atoms with Crippen LogP contribution in [0.5, 0.6) is 6.01 Å². The van der Waals surface area contributed by atoms with Crippen LogP contribution in [-0.4, -0.2) is 50.7 Å². The number of rotatable bonds is 5. The smallest absolute Gasteiger partial charge is 0.316 e. The second-order valence-corrected chi connectivity index (χ2v) is 7.50. The van der Waals surface area contributed by atoms with Crippen molar-refractivity contribution < 1.29 is 13.9 Å². The van der Waals surface area contributed by atoms with Crippen LogP contribution in [0.25, 0.3) is 11.1 Å². The molecule has 0 radical (unpaired) electrons. The molecule has 1 atom stereocenters. The molecule has 0 N–H and O–H groups in total. The van der Waals surface area contributed by atoms with E-state index < -0.39 is 0 Å².